The lowest BCUT2D eigenvalue weighted by Crippen LogP contribution is -2.26. The van der Waals surface area contributed by atoms with Gasteiger partial charge in [-0.25, -0.2) is 0 Å². The zero-order valence-corrected chi connectivity index (χ0v) is 13.4. The van der Waals surface area contributed by atoms with Gasteiger partial charge in [-0.05, 0) is 47.7 Å². The third-order valence-electron chi connectivity index (χ3n) is 4.26. The van der Waals surface area contributed by atoms with Gasteiger partial charge in [-0.1, -0.05) is 32.0 Å². The highest BCUT2D eigenvalue weighted by Crippen LogP contribution is 2.29. The fourth-order valence-corrected chi connectivity index (χ4v) is 2.93. The van der Waals surface area contributed by atoms with Crippen LogP contribution in [0.4, 0.5) is 11.4 Å². The van der Waals surface area contributed by atoms with E-state index in [2.05, 4.69) is 49.1 Å². The topological polar surface area (TPSA) is 38.5 Å². The summed E-state index contributed by atoms with van der Waals surface area (Å²) in [6, 6.07) is 14.6. The Balaban J connectivity index is 1.59. The molecule has 0 saturated heterocycles. The van der Waals surface area contributed by atoms with E-state index in [1.165, 1.54) is 16.8 Å². The van der Waals surface area contributed by atoms with E-state index in [0.29, 0.717) is 12.5 Å². The molecule has 0 spiro atoms. The molecule has 1 aliphatic rings. The molecule has 3 rings (SSSR count). The molecule has 0 amide bonds. The number of anilines is 2. The lowest BCUT2D eigenvalue weighted by atomic mass is 10.0. The van der Waals surface area contributed by atoms with Crippen molar-refractivity contribution in [3.8, 4) is 5.75 Å². The summed E-state index contributed by atoms with van der Waals surface area (Å²) >= 11 is 0. The third-order valence-corrected chi connectivity index (χ3v) is 4.26. The summed E-state index contributed by atoms with van der Waals surface area (Å²) in [7, 11) is 0. The lowest BCUT2D eigenvalue weighted by Gasteiger charge is -2.20. The Kier molecular flexibility index (Phi) is 4.23. The van der Waals surface area contributed by atoms with E-state index in [1.54, 1.807) is 0 Å². The maximum atomic E-state index is 5.93. The molecule has 0 saturated carbocycles. The molecule has 0 aliphatic carbocycles. The van der Waals surface area contributed by atoms with Crippen molar-refractivity contribution < 1.29 is 4.74 Å². The van der Waals surface area contributed by atoms with Crippen LogP contribution in [0.3, 0.4) is 0 Å². The van der Waals surface area contributed by atoms with Crippen LogP contribution in [0.5, 0.6) is 5.75 Å². The minimum absolute atomic E-state index is 0.525. The van der Waals surface area contributed by atoms with E-state index in [9.17, 15) is 0 Å². The fraction of sp³-hybridized carbons (Fsp3) is 0.368. The zero-order valence-electron chi connectivity index (χ0n) is 13.4. The molecule has 1 heterocycles. The smallest absolute Gasteiger partial charge is 0.119 e. The monoisotopic (exact) mass is 296 g/mol. The predicted molar refractivity (Wildman–Crippen MR) is 92.8 cm³/mol. The van der Waals surface area contributed by atoms with Crippen molar-refractivity contribution in [2.24, 2.45) is 0 Å². The van der Waals surface area contributed by atoms with Crippen molar-refractivity contribution in [1.29, 1.82) is 0 Å². The highest BCUT2D eigenvalue weighted by atomic mass is 16.5. The highest BCUT2D eigenvalue weighted by Gasteiger charge is 2.18. The summed E-state index contributed by atoms with van der Waals surface area (Å²) in [5.41, 5.74) is 10.7. The van der Waals surface area contributed by atoms with Gasteiger partial charge in [0, 0.05) is 17.9 Å². The van der Waals surface area contributed by atoms with Gasteiger partial charge >= 0.3 is 0 Å². The molecule has 116 valence electrons. The Morgan fingerprint density at radius 1 is 1.18 bits per heavy atom. The van der Waals surface area contributed by atoms with Crippen molar-refractivity contribution in [1.82, 2.24) is 0 Å². The number of hydrogen-bond acceptors (Lipinski definition) is 3. The molecule has 3 nitrogen and oxygen atoms in total. The second-order valence-electron chi connectivity index (χ2n) is 6.20. The molecule has 3 heteroatoms. The fourth-order valence-electron chi connectivity index (χ4n) is 2.93. The number of hydrogen-bond donors (Lipinski definition) is 1. The molecule has 0 aromatic heterocycles. The second kappa shape index (κ2) is 6.30. The first kappa shape index (κ1) is 14.8. The number of ether oxygens (including phenoxy) is 1. The summed E-state index contributed by atoms with van der Waals surface area (Å²) in [6.45, 7) is 7.03. The summed E-state index contributed by atoms with van der Waals surface area (Å²) in [4.78, 5) is 2.36. The van der Waals surface area contributed by atoms with Gasteiger partial charge in [0.2, 0.25) is 0 Å². The molecule has 0 bridgehead atoms. The van der Waals surface area contributed by atoms with Gasteiger partial charge in [0.25, 0.3) is 0 Å². The van der Waals surface area contributed by atoms with Gasteiger partial charge in [-0.3, -0.25) is 0 Å². The Morgan fingerprint density at radius 2 is 2.05 bits per heavy atom. The van der Waals surface area contributed by atoms with Crippen LogP contribution in [0.2, 0.25) is 0 Å². The van der Waals surface area contributed by atoms with E-state index in [0.717, 1.165) is 30.9 Å². The van der Waals surface area contributed by atoms with Crippen molar-refractivity contribution in [3.05, 3.63) is 53.6 Å². The summed E-state index contributed by atoms with van der Waals surface area (Å²) in [6.07, 6.45) is 1.10. The first-order valence-corrected chi connectivity index (χ1v) is 7.99. The predicted octanol–water partition coefficient (Wildman–Crippen LogP) is 3.83. The van der Waals surface area contributed by atoms with Gasteiger partial charge in [-0.2, -0.15) is 0 Å². The summed E-state index contributed by atoms with van der Waals surface area (Å²) in [5, 5.41) is 0. The Bertz CT molecular complexity index is 652. The first-order valence-electron chi connectivity index (χ1n) is 7.99. The van der Waals surface area contributed by atoms with Crippen molar-refractivity contribution in [2.75, 3.05) is 30.3 Å². The number of nitrogens with zero attached hydrogens (tertiary/aromatic N) is 1. The van der Waals surface area contributed by atoms with Crippen LogP contribution in [0.1, 0.15) is 30.9 Å². The van der Waals surface area contributed by atoms with Gasteiger partial charge in [0.15, 0.2) is 0 Å². The lowest BCUT2D eigenvalue weighted by molar-refractivity contribution is 0.324. The molecule has 2 aromatic carbocycles. The molecule has 1 aliphatic heterocycles. The quantitative estimate of drug-likeness (QED) is 0.852. The number of fused-ring (bicyclic) bond motifs is 1. The van der Waals surface area contributed by atoms with Crippen LogP contribution in [0.25, 0.3) is 0 Å². The van der Waals surface area contributed by atoms with Crippen LogP contribution >= 0.6 is 0 Å². The minimum atomic E-state index is 0.525. The van der Waals surface area contributed by atoms with Gasteiger partial charge in [0.1, 0.15) is 12.4 Å². The van der Waals surface area contributed by atoms with E-state index in [4.69, 9.17) is 10.5 Å². The third kappa shape index (κ3) is 3.19. The van der Waals surface area contributed by atoms with Crippen molar-refractivity contribution in [3.63, 3.8) is 0 Å². The Hall–Kier alpha value is -2.16. The van der Waals surface area contributed by atoms with Crippen LogP contribution in [0, 0.1) is 0 Å². The van der Waals surface area contributed by atoms with Crippen LogP contribution in [-0.2, 0) is 6.42 Å². The van der Waals surface area contributed by atoms with Gasteiger partial charge in [-0.15, -0.1) is 0 Å². The molecule has 0 fully saturated rings. The van der Waals surface area contributed by atoms with E-state index in [1.807, 2.05) is 12.1 Å². The number of benzene rings is 2. The molecule has 2 aromatic rings. The van der Waals surface area contributed by atoms with Crippen LogP contribution < -0.4 is 15.4 Å². The Labute approximate surface area is 132 Å². The first-order chi connectivity index (χ1) is 10.6. The van der Waals surface area contributed by atoms with Crippen LogP contribution in [0.15, 0.2) is 42.5 Å². The second-order valence-corrected chi connectivity index (χ2v) is 6.20. The zero-order chi connectivity index (χ0) is 15.5. The van der Waals surface area contributed by atoms with Crippen molar-refractivity contribution >= 4 is 11.4 Å². The molecule has 22 heavy (non-hydrogen) atoms. The maximum Gasteiger partial charge on any atom is 0.119 e. The van der Waals surface area contributed by atoms with Gasteiger partial charge in [0.05, 0.1) is 6.54 Å². The standard InChI is InChI=1S/C19H24N2O/c1-14(2)16-4-3-5-18(12-16)22-11-10-21-9-8-15-6-7-17(20)13-19(15)21/h3-7,12-14H,8-11,20H2,1-2H3. The van der Waals surface area contributed by atoms with E-state index in [-0.39, 0.29) is 0 Å². The molecular formula is C19H24N2O. The molecule has 2 N–H and O–H groups in total. The minimum Gasteiger partial charge on any atom is -0.492 e. The average Bonchev–Trinajstić information content (AvgIpc) is 2.90. The number of nitrogen functional groups attached to an aromatic ring is 1. The highest BCUT2D eigenvalue weighted by molar-refractivity contribution is 5.64. The molecule has 0 radical (unpaired) electrons. The number of rotatable bonds is 5. The maximum absolute atomic E-state index is 5.93. The normalized spacial score (nSPS) is 13.5. The van der Waals surface area contributed by atoms with E-state index < -0.39 is 0 Å². The number of nitrogens with two attached hydrogens (primary N) is 1. The molecular weight excluding hydrogens is 272 g/mol. The largest absolute Gasteiger partial charge is 0.492 e. The SMILES string of the molecule is CC(C)c1cccc(OCCN2CCc3ccc(N)cc32)c1. The summed E-state index contributed by atoms with van der Waals surface area (Å²) in [5.74, 6) is 1.48. The average molecular weight is 296 g/mol. The Morgan fingerprint density at radius 3 is 2.86 bits per heavy atom. The molecule has 0 atom stereocenters. The van der Waals surface area contributed by atoms with Crippen LogP contribution in [-0.4, -0.2) is 19.7 Å². The van der Waals surface area contributed by atoms with Gasteiger partial charge < -0.3 is 15.4 Å². The van der Waals surface area contributed by atoms with E-state index >= 15 is 0 Å². The van der Waals surface area contributed by atoms with Crippen molar-refractivity contribution in [2.45, 2.75) is 26.2 Å². The molecule has 0 unspecified atom stereocenters. The summed E-state index contributed by atoms with van der Waals surface area (Å²) < 4.78 is 5.93.